The summed E-state index contributed by atoms with van der Waals surface area (Å²) in [4.78, 5) is 23.0. The zero-order valence-electron chi connectivity index (χ0n) is 16.3. The molecule has 0 saturated heterocycles. The summed E-state index contributed by atoms with van der Waals surface area (Å²) >= 11 is 0. The van der Waals surface area contributed by atoms with Crippen LogP contribution in [-0.4, -0.2) is 25.2 Å². The van der Waals surface area contributed by atoms with Gasteiger partial charge in [-0.1, -0.05) is 53.4 Å². The minimum atomic E-state index is -0.0797. The van der Waals surface area contributed by atoms with Gasteiger partial charge in [0.25, 0.3) is 0 Å². The summed E-state index contributed by atoms with van der Waals surface area (Å²) in [5.74, 6) is 0.923. The molecule has 0 fully saturated rings. The maximum absolute atomic E-state index is 11.5. The number of hydrogen-bond donors (Lipinski definition) is 0. The summed E-state index contributed by atoms with van der Waals surface area (Å²) in [6.07, 6.45) is 9.26. The lowest BCUT2D eigenvalue weighted by Gasteiger charge is -2.07. The highest BCUT2D eigenvalue weighted by Crippen LogP contribution is 2.10. The van der Waals surface area contributed by atoms with E-state index in [1.165, 1.54) is 0 Å². The predicted molar refractivity (Wildman–Crippen MR) is 97.8 cm³/mol. The third-order valence-corrected chi connectivity index (χ3v) is 3.78. The molecule has 0 aliphatic carbocycles. The first kappa shape index (κ1) is 22.9. The first-order valence-corrected chi connectivity index (χ1v) is 9.73. The van der Waals surface area contributed by atoms with E-state index in [4.69, 9.17) is 9.47 Å². The number of carbonyl (C=O) groups is 2. The second kappa shape index (κ2) is 15.5. The van der Waals surface area contributed by atoms with Crippen molar-refractivity contribution in [2.45, 2.75) is 91.9 Å². The van der Waals surface area contributed by atoms with E-state index < -0.39 is 0 Å². The van der Waals surface area contributed by atoms with Gasteiger partial charge in [0, 0.05) is 12.8 Å². The van der Waals surface area contributed by atoms with Crippen LogP contribution in [0.4, 0.5) is 0 Å². The van der Waals surface area contributed by atoms with Crippen molar-refractivity contribution in [3.8, 4) is 0 Å². The number of unbranched alkanes of at least 4 members (excludes halogenated alkanes) is 5. The summed E-state index contributed by atoms with van der Waals surface area (Å²) in [6.45, 7) is 9.51. The molecule has 0 N–H and O–H groups in total. The Hall–Kier alpha value is -1.06. The Bertz CT molecular complexity index is 324. The third kappa shape index (κ3) is 17.3. The maximum atomic E-state index is 11.5. The van der Waals surface area contributed by atoms with Crippen molar-refractivity contribution in [2.75, 3.05) is 13.2 Å². The molecule has 0 rings (SSSR count). The molecule has 0 aliphatic heterocycles. The van der Waals surface area contributed by atoms with E-state index in [0.29, 0.717) is 37.9 Å². The lowest BCUT2D eigenvalue weighted by molar-refractivity contribution is -0.145. The normalized spacial score (nSPS) is 11.1. The zero-order valence-corrected chi connectivity index (χ0v) is 16.3. The van der Waals surface area contributed by atoms with E-state index in [-0.39, 0.29) is 11.9 Å². The van der Waals surface area contributed by atoms with E-state index in [9.17, 15) is 9.59 Å². The smallest absolute Gasteiger partial charge is 0.305 e. The molecule has 0 amide bonds. The van der Waals surface area contributed by atoms with Crippen LogP contribution in [0.25, 0.3) is 0 Å². The van der Waals surface area contributed by atoms with Crippen molar-refractivity contribution < 1.29 is 19.1 Å². The van der Waals surface area contributed by atoms with Crippen molar-refractivity contribution in [3.05, 3.63) is 0 Å². The van der Waals surface area contributed by atoms with Crippen molar-refractivity contribution in [1.82, 2.24) is 0 Å². The molecule has 0 aromatic carbocycles. The van der Waals surface area contributed by atoms with Crippen molar-refractivity contribution >= 4 is 11.9 Å². The van der Waals surface area contributed by atoms with E-state index in [1.807, 2.05) is 13.8 Å². The van der Waals surface area contributed by atoms with E-state index in [0.717, 1.165) is 51.4 Å². The summed E-state index contributed by atoms with van der Waals surface area (Å²) in [5, 5.41) is 0. The van der Waals surface area contributed by atoms with Crippen LogP contribution in [-0.2, 0) is 19.1 Å². The molecular weight excluding hydrogens is 304 g/mol. The van der Waals surface area contributed by atoms with Gasteiger partial charge in [-0.2, -0.15) is 0 Å². The topological polar surface area (TPSA) is 52.6 Å². The Balaban J connectivity index is 3.30. The van der Waals surface area contributed by atoms with Crippen LogP contribution in [0.3, 0.4) is 0 Å². The largest absolute Gasteiger partial charge is 0.466 e. The molecule has 0 radical (unpaired) electrons. The van der Waals surface area contributed by atoms with Gasteiger partial charge in [0.15, 0.2) is 0 Å². The van der Waals surface area contributed by atoms with Crippen LogP contribution in [0, 0.1) is 11.8 Å². The van der Waals surface area contributed by atoms with Crippen molar-refractivity contribution in [2.24, 2.45) is 11.8 Å². The van der Waals surface area contributed by atoms with E-state index in [2.05, 4.69) is 13.8 Å². The first-order valence-electron chi connectivity index (χ1n) is 9.73. The fourth-order valence-electron chi connectivity index (χ4n) is 2.33. The lowest BCUT2D eigenvalue weighted by Crippen LogP contribution is -2.09. The lowest BCUT2D eigenvalue weighted by atomic mass is 10.1. The predicted octanol–water partition coefficient (Wildman–Crippen LogP) is 5.29. The van der Waals surface area contributed by atoms with Gasteiger partial charge in [-0.05, 0) is 37.5 Å². The van der Waals surface area contributed by atoms with Gasteiger partial charge in [-0.25, -0.2) is 0 Å². The molecule has 0 atom stereocenters. The van der Waals surface area contributed by atoms with Crippen LogP contribution in [0.5, 0.6) is 0 Å². The van der Waals surface area contributed by atoms with Crippen LogP contribution in [0.1, 0.15) is 91.9 Å². The van der Waals surface area contributed by atoms with Crippen LogP contribution in [0.15, 0.2) is 0 Å². The van der Waals surface area contributed by atoms with E-state index >= 15 is 0 Å². The summed E-state index contributed by atoms with van der Waals surface area (Å²) in [6, 6.07) is 0. The van der Waals surface area contributed by atoms with Crippen molar-refractivity contribution in [3.63, 3.8) is 0 Å². The van der Waals surface area contributed by atoms with Gasteiger partial charge < -0.3 is 9.47 Å². The van der Waals surface area contributed by atoms with E-state index in [1.54, 1.807) is 0 Å². The first-order chi connectivity index (χ1) is 11.4. The molecule has 4 heteroatoms. The molecule has 4 nitrogen and oxygen atoms in total. The standard InChI is InChI=1S/C20H38O4/c1-17(2)12-11-15-23-19(21)13-9-7-5-6-8-10-14-20(22)24-16-18(3)4/h17-18H,5-16H2,1-4H3. The Morgan fingerprint density at radius 1 is 0.667 bits per heavy atom. The average molecular weight is 343 g/mol. The van der Waals surface area contributed by atoms with Gasteiger partial charge in [-0.3, -0.25) is 9.59 Å². The summed E-state index contributed by atoms with van der Waals surface area (Å²) < 4.78 is 10.4. The molecule has 142 valence electrons. The number of hydrogen-bond acceptors (Lipinski definition) is 4. The molecule has 0 unspecified atom stereocenters. The summed E-state index contributed by atoms with van der Waals surface area (Å²) in [5.41, 5.74) is 0. The minimum absolute atomic E-state index is 0.0633. The molecule has 0 saturated carbocycles. The van der Waals surface area contributed by atoms with Crippen molar-refractivity contribution in [1.29, 1.82) is 0 Å². The number of carbonyl (C=O) groups excluding carboxylic acids is 2. The molecule has 0 spiro atoms. The highest BCUT2D eigenvalue weighted by molar-refractivity contribution is 5.69. The van der Waals surface area contributed by atoms with Gasteiger partial charge in [0.1, 0.15) is 0 Å². The Labute approximate surface area is 148 Å². The molecule has 0 aliphatic rings. The van der Waals surface area contributed by atoms with Gasteiger partial charge >= 0.3 is 11.9 Å². The zero-order chi connectivity index (χ0) is 18.2. The molecular formula is C20H38O4. The highest BCUT2D eigenvalue weighted by Gasteiger charge is 2.05. The Kier molecular flexibility index (Phi) is 14.8. The van der Waals surface area contributed by atoms with Gasteiger partial charge in [-0.15, -0.1) is 0 Å². The number of ether oxygens (including phenoxy) is 2. The Morgan fingerprint density at radius 3 is 1.67 bits per heavy atom. The molecule has 0 heterocycles. The second-order valence-electron chi connectivity index (χ2n) is 7.45. The molecule has 0 aromatic rings. The number of rotatable bonds is 15. The maximum Gasteiger partial charge on any atom is 0.305 e. The molecule has 0 bridgehead atoms. The van der Waals surface area contributed by atoms with Gasteiger partial charge in [0.2, 0.25) is 0 Å². The minimum Gasteiger partial charge on any atom is -0.466 e. The Morgan fingerprint density at radius 2 is 1.17 bits per heavy atom. The fourth-order valence-corrected chi connectivity index (χ4v) is 2.33. The second-order valence-corrected chi connectivity index (χ2v) is 7.45. The van der Waals surface area contributed by atoms with Crippen LogP contribution >= 0.6 is 0 Å². The molecule has 0 aromatic heterocycles. The molecule has 24 heavy (non-hydrogen) atoms. The van der Waals surface area contributed by atoms with Crippen LogP contribution < -0.4 is 0 Å². The average Bonchev–Trinajstić information content (AvgIpc) is 2.51. The monoisotopic (exact) mass is 342 g/mol. The SMILES string of the molecule is CC(C)CCCOC(=O)CCCCCCCCC(=O)OCC(C)C. The highest BCUT2D eigenvalue weighted by atomic mass is 16.5. The third-order valence-electron chi connectivity index (χ3n) is 3.78. The quantitative estimate of drug-likeness (QED) is 0.300. The van der Waals surface area contributed by atoms with Gasteiger partial charge in [0.05, 0.1) is 13.2 Å². The fraction of sp³-hybridized carbons (Fsp3) is 0.900. The van der Waals surface area contributed by atoms with Crippen LogP contribution in [0.2, 0.25) is 0 Å². The number of esters is 2. The summed E-state index contributed by atoms with van der Waals surface area (Å²) in [7, 11) is 0.